The molecule has 0 bridgehead atoms. The van der Waals surface area contributed by atoms with Gasteiger partial charge in [-0.2, -0.15) is 13.2 Å². The molecule has 0 saturated carbocycles. The molecule has 0 aliphatic carbocycles. The third kappa shape index (κ3) is 3.86. The molecule has 5 heteroatoms. The molecule has 0 spiro atoms. The van der Waals surface area contributed by atoms with Crippen molar-refractivity contribution in [3.05, 3.63) is 29.3 Å². The lowest BCUT2D eigenvalue weighted by atomic mass is 9.98. The molecule has 106 valence electrons. The molecule has 0 radical (unpaired) electrons. The first kappa shape index (κ1) is 14.2. The van der Waals surface area contributed by atoms with Gasteiger partial charge >= 0.3 is 6.18 Å². The highest BCUT2D eigenvalue weighted by molar-refractivity contribution is 5.37. The number of alkyl halides is 3. The molecule has 0 unspecified atom stereocenters. The van der Waals surface area contributed by atoms with Crippen molar-refractivity contribution in [1.29, 1.82) is 0 Å². The molecule has 1 aromatic carbocycles. The molecule has 2 rings (SSSR count). The van der Waals surface area contributed by atoms with Crippen LogP contribution in [-0.4, -0.2) is 30.3 Å². The summed E-state index contributed by atoms with van der Waals surface area (Å²) in [5, 5.41) is 0. The molecule has 0 saturated heterocycles. The van der Waals surface area contributed by atoms with E-state index in [4.69, 9.17) is 4.74 Å². The fourth-order valence-corrected chi connectivity index (χ4v) is 2.25. The van der Waals surface area contributed by atoms with Crippen molar-refractivity contribution in [3.8, 4) is 5.75 Å². The first-order valence-electron chi connectivity index (χ1n) is 6.40. The van der Waals surface area contributed by atoms with Gasteiger partial charge in [0.15, 0.2) is 6.61 Å². The number of ether oxygens (including phenoxy) is 1. The number of benzene rings is 1. The van der Waals surface area contributed by atoms with E-state index in [0.29, 0.717) is 11.8 Å². The lowest BCUT2D eigenvalue weighted by molar-refractivity contribution is -0.153. The number of fused-ring (bicyclic) bond motifs is 1. The van der Waals surface area contributed by atoms with Crippen LogP contribution in [0.4, 0.5) is 13.2 Å². The van der Waals surface area contributed by atoms with Gasteiger partial charge in [-0.3, -0.25) is 4.90 Å². The number of halogens is 3. The van der Waals surface area contributed by atoms with E-state index in [1.807, 2.05) is 6.07 Å². The molecule has 0 N–H and O–H groups in total. The van der Waals surface area contributed by atoms with Gasteiger partial charge in [0.25, 0.3) is 0 Å². The van der Waals surface area contributed by atoms with E-state index in [9.17, 15) is 13.2 Å². The summed E-state index contributed by atoms with van der Waals surface area (Å²) in [7, 11) is 0. The predicted octanol–water partition coefficient (Wildman–Crippen LogP) is 3.39. The van der Waals surface area contributed by atoms with Crippen molar-refractivity contribution in [3.63, 3.8) is 0 Å². The number of hydrogen-bond donors (Lipinski definition) is 0. The van der Waals surface area contributed by atoms with Gasteiger partial charge in [0.05, 0.1) is 0 Å². The average Bonchev–Trinajstić information content (AvgIpc) is 2.34. The summed E-state index contributed by atoms with van der Waals surface area (Å²) in [6.07, 6.45) is -3.43. The Morgan fingerprint density at radius 3 is 2.63 bits per heavy atom. The minimum atomic E-state index is -4.29. The number of hydrogen-bond acceptors (Lipinski definition) is 2. The predicted molar refractivity (Wildman–Crippen MR) is 67.2 cm³/mol. The minimum Gasteiger partial charge on any atom is -0.484 e. The largest absolute Gasteiger partial charge is 0.484 e. The van der Waals surface area contributed by atoms with Crippen molar-refractivity contribution in [2.45, 2.75) is 39.0 Å². The molecular formula is C14H18F3NO. The third-order valence-electron chi connectivity index (χ3n) is 3.35. The summed E-state index contributed by atoms with van der Waals surface area (Å²) in [5.74, 6) is 0.300. The van der Waals surface area contributed by atoms with Gasteiger partial charge < -0.3 is 4.74 Å². The lowest BCUT2D eigenvalue weighted by Crippen LogP contribution is -2.35. The first-order chi connectivity index (χ1) is 8.85. The molecule has 2 nitrogen and oxygen atoms in total. The number of nitrogens with zero attached hydrogens (tertiary/aromatic N) is 1. The molecule has 0 atom stereocenters. The Morgan fingerprint density at radius 2 is 2.00 bits per heavy atom. The first-order valence-corrected chi connectivity index (χ1v) is 6.40. The lowest BCUT2D eigenvalue weighted by Gasteiger charge is -2.32. The van der Waals surface area contributed by atoms with Gasteiger partial charge in [0.2, 0.25) is 0 Å². The summed E-state index contributed by atoms with van der Waals surface area (Å²) >= 11 is 0. The van der Waals surface area contributed by atoms with Crippen LogP contribution in [0.3, 0.4) is 0 Å². The van der Waals surface area contributed by atoms with Gasteiger partial charge in [-0.05, 0) is 43.5 Å². The van der Waals surface area contributed by atoms with Gasteiger partial charge in [-0.25, -0.2) is 0 Å². The quantitative estimate of drug-likeness (QED) is 0.837. The van der Waals surface area contributed by atoms with Crippen LogP contribution >= 0.6 is 0 Å². The van der Waals surface area contributed by atoms with E-state index in [1.165, 1.54) is 5.56 Å². The Morgan fingerprint density at radius 1 is 1.26 bits per heavy atom. The van der Waals surface area contributed by atoms with E-state index in [0.717, 1.165) is 25.1 Å². The molecule has 1 heterocycles. The monoisotopic (exact) mass is 273 g/mol. The normalized spacial score (nSPS) is 16.5. The molecule has 0 fully saturated rings. The summed E-state index contributed by atoms with van der Waals surface area (Å²) in [5.41, 5.74) is 2.27. The van der Waals surface area contributed by atoms with Crippen LogP contribution < -0.4 is 4.74 Å². The average molecular weight is 273 g/mol. The van der Waals surface area contributed by atoms with Gasteiger partial charge in [0.1, 0.15) is 5.75 Å². The summed E-state index contributed by atoms with van der Waals surface area (Å²) in [6, 6.07) is 5.71. The van der Waals surface area contributed by atoms with E-state index in [-0.39, 0.29) is 0 Å². The topological polar surface area (TPSA) is 12.5 Å². The van der Waals surface area contributed by atoms with Crippen molar-refractivity contribution >= 4 is 0 Å². The van der Waals surface area contributed by atoms with E-state index in [1.54, 1.807) is 12.1 Å². The highest BCUT2D eigenvalue weighted by Crippen LogP contribution is 2.26. The highest BCUT2D eigenvalue weighted by Gasteiger charge is 2.28. The van der Waals surface area contributed by atoms with Crippen LogP contribution in [-0.2, 0) is 13.0 Å². The molecule has 1 aliphatic rings. The van der Waals surface area contributed by atoms with Crippen LogP contribution in [0.5, 0.6) is 5.75 Å². The summed E-state index contributed by atoms with van der Waals surface area (Å²) in [4.78, 5) is 2.35. The molecule has 0 amide bonds. The van der Waals surface area contributed by atoms with Gasteiger partial charge in [-0.1, -0.05) is 6.07 Å². The van der Waals surface area contributed by atoms with Gasteiger partial charge in [-0.15, -0.1) is 0 Å². The molecule has 0 aromatic heterocycles. The SMILES string of the molecule is CC(C)N1CCc2cc(OCC(F)(F)F)ccc2C1. The Balaban J connectivity index is 2.05. The van der Waals surface area contributed by atoms with Crippen LogP contribution in [0.25, 0.3) is 0 Å². The van der Waals surface area contributed by atoms with Gasteiger partial charge in [0, 0.05) is 19.1 Å². The highest BCUT2D eigenvalue weighted by atomic mass is 19.4. The summed E-state index contributed by atoms with van der Waals surface area (Å²) in [6.45, 7) is 4.85. The standard InChI is InChI=1S/C14H18F3NO/c1-10(2)18-6-5-11-7-13(4-3-12(11)8-18)19-9-14(15,16)17/h3-4,7,10H,5-6,8-9H2,1-2H3. The maximum Gasteiger partial charge on any atom is 0.422 e. The van der Waals surface area contributed by atoms with E-state index in [2.05, 4.69) is 18.7 Å². The van der Waals surface area contributed by atoms with E-state index >= 15 is 0 Å². The maximum atomic E-state index is 12.1. The zero-order chi connectivity index (χ0) is 14.0. The van der Waals surface area contributed by atoms with Crippen LogP contribution in [0.15, 0.2) is 18.2 Å². The second-order valence-electron chi connectivity index (χ2n) is 5.15. The fourth-order valence-electron chi connectivity index (χ4n) is 2.25. The third-order valence-corrected chi connectivity index (χ3v) is 3.35. The Hall–Kier alpha value is -1.23. The van der Waals surface area contributed by atoms with Crippen molar-refractivity contribution in [2.75, 3.05) is 13.2 Å². The van der Waals surface area contributed by atoms with Crippen LogP contribution in [0.1, 0.15) is 25.0 Å². The minimum absolute atomic E-state index is 0.300. The Bertz CT molecular complexity index is 443. The molecule has 1 aliphatic heterocycles. The molecular weight excluding hydrogens is 255 g/mol. The zero-order valence-corrected chi connectivity index (χ0v) is 11.1. The fraction of sp³-hybridized carbons (Fsp3) is 0.571. The van der Waals surface area contributed by atoms with Crippen molar-refractivity contribution in [1.82, 2.24) is 4.90 Å². The Labute approximate surface area is 111 Å². The van der Waals surface area contributed by atoms with Crippen molar-refractivity contribution in [2.24, 2.45) is 0 Å². The second-order valence-corrected chi connectivity index (χ2v) is 5.15. The second kappa shape index (κ2) is 5.41. The molecule has 1 aromatic rings. The van der Waals surface area contributed by atoms with Crippen molar-refractivity contribution < 1.29 is 17.9 Å². The smallest absolute Gasteiger partial charge is 0.422 e. The van der Waals surface area contributed by atoms with E-state index < -0.39 is 12.8 Å². The maximum absolute atomic E-state index is 12.1. The zero-order valence-electron chi connectivity index (χ0n) is 11.1. The Kier molecular flexibility index (Phi) is 4.04. The molecule has 19 heavy (non-hydrogen) atoms. The van der Waals surface area contributed by atoms with Crippen LogP contribution in [0.2, 0.25) is 0 Å². The summed E-state index contributed by atoms with van der Waals surface area (Å²) < 4.78 is 41.0. The number of rotatable bonds is 3. The van der Waals surface area contributed by atoms with Crippen LogP contribution in [0, 0.1) is 0 Å².